The molecule has 0 aliphatic carbocycles. The summed E-state index contributed by atoms with van der Waals surface area (Å²) in [5, 5.41) is -4.50. The predicted molar refractivity (Wildman–Crippen MR) is 201 cm³/mol. The molecule has 8 aromatic carbocycles. The van der Waals surface area contributed by atoms with Crippen molar-refractivity contribution in [3.63, 3.8) is 0 Å². The first kappa shape index (κ1) is 11.8. The Kier molecular flexibility index (Phi) is 2.64. The number of nitrogens with zero attached hydrogens (tertiary/aromatic N) is 3. The summed E-state index contributed by atoms with van der Waals surface area (Å²) in [6, 6.07) is -23.5. The Hall–Kier alpha value is -6.65. The molecule has 0 atom stereocenters. The summed E-state index contributed by atoms with van der Waals surface area (Å²) in [5.41, 5.74) is -4.80. The molecule has 4 heteroatoms. The second kappa shape index (κ2) is 11.0. The van der Waals surface area contributed by atoms with Gasteiger partial charge in [0.15, 0.2) is 17.5 Å². The van der Waals surface area contributed by atoms with E-state index in [2.05, 4.69) is 15.0 Å². The first-order valence-corrected chi connectivity index (χ1v) is 14.2. The van der Waals surface area contributed by atoms with Gasteiger partial charge in [0.25, 0.3) is 0 Å². The minimum absolute atomic E-state index is 0.494. The molecule has 228 valence electrons. The highest BCUT2D eigenvalue weighted by molar-refractivity contribution is 6.23. The first-order chi connectivity index (χ1) is 35.5. The largest absolute Gasteiger partial charge is 0.456 e. The summed E-state index contributed by atoms with van der Waals surface area (Å²) in [4.78, 5) is 13.1. The molecule has 0 fully saturated rings. The van der Waals surface area contributed by atoms with Gasteiger partial charge >= 0.3 is 0 Å². The molecule has 0 bridgehead atoms. The van der Waals surface area contributed by atoms with E-state index in [-0.39, 0.29) is 0 Å². The van der Waals surface area contributed by atoms with Crippen LogP contribution in [0.4, 0.5) is 0 Å². The Morgan fingerprint density at radius 2 is 0.939 bits per heavy atom. The van der Waals surface area contributed by atoms with E-state index in [1.165, 1.54) is 0 Å². The Morgan fingerprint density at radius 3 is 1.69 bits per heavy atom. The lowest BCUT2D eigenvalue weighted by Gasteiger charge is -2.11. The van der Waals surface area contributed by atoms with Gasteiger partial charge in [-0.3, -0.25) is 0 Å². The van der Waals surface area contributed by atoms with Crippen LogP contribution >= 0.6 is 0 Å². The van der Waals surface area contributed by atoms with Gasteiger partial charge in [-0.1, -0.05) is 139 Å². The van der Waals surface area contributed by atoms with E-state index in [9.17, 15) is 8.22 Å². The molecule has 10 rings (SSSR count). The standard InChI is InChI=1S/C45H27N3O/c1-2-14-30(15-3-1)43-46-44(48-45(47-43)37-23-11-17-29-13-5-7-19-33(29)37)31-24-25-40-39(26-31)42-36-21-9-8-20-35(36)38(27-41(42)49-40)34-22-10-16-28-12-4-6-18-32(28)34/h1-27H/i1D,2D,3D,4D,5D,6D,7D,8D,9D,10D,11D,12D,13D,14D,15D,16D,17D,18D,19D,20D,21D,22D,23D,24D,25D,26D,27D. The highest BCUT2D eigenvalue weighted by Crippen LogP contribution is 2.42. The average Bonchev–Trinajstić information content (AvgIpc) is 3.93. The van der Waals surface area contributed by atoms with E-state index in [4.69, 9.17) is 33.2 Å². The van der Waals surface area contributed by atoms with Crippen LogP contribution in [0.5, 0.6) is 0 Å². The molecule has 2 heterocycles. The zero-order valence-corrected chi connectivity index (χ0v) is 24.2. The molecule has 0 saturated carbocycles. The predicted octanol–water partition coefficient (Wildman–Crippen LogP) is 11.9. The van der Waals surface area contributed by atoms with E-state index >= 15 is 0 Å². The lowest BCUT2D eigenvalue weighted by Crippen LogP contribution is -2.00. The number of fused-ring (bicyclic) bond motifs is 7. The third kappa shape index (κ3) is 4.49. The zero-order valence-electron chi connectivity index (χ0n) is 51.2. The number of aromatic nitrogens is 3. The maximum atomic E-state index is 9.84. The molecule has 4 nitrogen and oxygen atoms in total. The molecular weight excluding hydrogens is 599 g/mol. The van der Waals surface area contributed by atoms with Crippen LogP contribution in [-0.2, 0) is 0 Å². The fraction of sp³-hybridized carbons (Fsp3) is 0. The summed E-state index contributed by atoms with van der Waals surface area (Å²) in [6.07, 6.45) is 0. The van der Waals surface area contributed by atoms with E-state index < -0.39 is 263 Å². The molecule has 2 aromatic heterocycles. The maximum Gasteiger partial charge on any atom is 0.164 e. The fourth-order valence-corrected chi connectivity index (χ4v) is 5.46. The summed E-state index contributed by atoms with van der Waals surface area (Å²) < 4.78 is 245. The smallest absolute Gasteiger partial charge is 0.164 e. The van der Waals surface area contributed by atoms with Crippen molar-refractivity contribution in [3.8, 4) is 45.3 Å². The van der Waals surface area contributed by atoms with Crippen molar-refractivity contribution in [3.05, 3.63) is 163 Å². The van der Waals surface area contributed by atoms with E-state index in [0.29, 0.717) is 0 Å². The molecule has 0 N–H and O–H groups in total. The van der Waals surface area contributed by atoms with Crippen LogP contribution in [-0.4, -0.2) is 15.0 Å². The molecule has 0 unspecified atom stereocenters. The molecule has 0 radical (unpaired) electrons. The van der Waals surface area contributed by atoms with Gasteiger partial charge in [0.2, 0.25) is 0 Å². The van der Waals surface area contributed by atoms with Crippen molar-refractivity contribution in [2.24, 2.45) is 0 Å². The first-order valence-electron chi connectivity index (χ1n) is 27.7. The summed E-state index contributed by atoms with van der Waals surface area (Å²) in [7, 11) is 0. The van der Waals surface area contributed by atoms with Gasteiger partial charge in [-0.2, -0.15) is 0 Å². The van der Waals surface area contributed by atoms with Crippen LogP contribution < -0.4 is 0 Å². The zero-order chi connectivity index (χ0) is 55.8. The minimum atomic E-state index is -0.959. The van der Waals surface area contributed by atoms with Crippen LogP contribution in [0.25, 0.3) is 99.5 Å². The fourth-order valence-electron chi connectivity index (χ4n) is 5.46. The van der Waals surface area contributed by atoms with Gasteiger partial charge in [-0.15, -0.1) is 0 Å². The minimum Gasteiger partial charge on any atom is -0.456 e. The molecule has 0 amide bonds. The van der Waals surface area contributed by atoms with Crippen LogP contribution in [0.15, 0.2) is 168 Å². The van der Waals surface area contributed by atoms with Gasteiger partial charge in [-0.05, 0) is 67.6 Å². The van der Waals surface area contributed by atoms with Crippen molar-refractivity contribution in [2.75, 3.05) is 0 Å². The molecule has 0 aliphatic rings. The second-order valence-corrected chi connectivity index (χ2v) is 10.3. The molecule has 0 spiro atoms. The van der Waals surface area contributed by atoms with Gasteiger partial charge < -0.3 is 4.42 Å². The van der Waals surface area contributed by atoms with Crippen LogP contribution in [0.2, 0.25) is 0 Å². The lowest BCUT2D eigenvalue weighted by molar-refractivity contribution is 0.669. The third-order valence-electron chi connectivity index (χ3n) is 7.57. The van der Waals surface area contributed by atoms with Gasteiger partial charge in [-0.25, -0.2) is 15.0 Å². The number of hydrogen-bond donors (Lipinski definition) is 0. The van der Waals surface area contributed by atoms with Gasteiger partial charge in [0.1, 0.15) is 11.2 Å². The molecule has 10 aromatic rings. The van der Waals surface area contributed by atoms with Gasteiger partial charge in [0, 0.05) is 27.5 Å². The lowest BCUT2D eigenvalue weighted by atomic mass is 9.92. The quantitative estimate of drug-likeness (QED) is 0.190. The van der Waals surface area contributed by atoms with Crippen molar-refractivity contribution >= 4 is 54.3 Å². The molecule has 49 heavy (non-hydrogen) atoms. The van der Waals surface area contributed by atoms with Crippen molar-refractivity contribution in [1.82, 2.24) is 15.0 Å². The summed E-state index contributed by atoms with van der Waals surface area (Å²) in [5.74, 6) is -2.49. The Balaban J connectivity index is 1.42. The average molecular weight is 653 g/mol. The Labute approximate surface area is 319 Å². The number of benzene rings is 8. The SMILES string of the molecule is [2H]c1c([2H])c([2H])c(-c2nc(-c3c([2H])c([2H])c4oc5c([2H])c(-c6c([2H])c([2H])c([2H])c7c([2H])c([2H])c([2H])c([2H])c67)c6c([2H])c([2H])c([2H])c([2H])c6c5c4c3[2H])nc(-c3c([2H])c([2H])c([2H])c4c([2H])c([2H])c([2H])c([2H])c34)n2)c([2H])c1[2H]. The van der Waals surface area contributed by atoms with Crippen molar-refractivity contribution in [1.29, 1.82) is 0 Å². The Morgan fingerprint density at radius 1 is 0.367 bits per heavy atom. The van der Waals surface area contributed by atoms with Crippen molar-refractivity contribution < 1.29 is 41.4 Å². The van der Waals surface area contributed by atoms with Gasteiger partial charge in [0.05, 0.1) is 37.0 Å². The normalized spacial score (nSPS) is 19.4. The summed E-state index contributed by atoms with van der Waals surface area (Å²) in [6.45, 7) is 0. The third-order valence-corrected chi connectivity index (χ3v) is 7.57. The molecule has 0 aliphatic heterocycles. The van der Waals surface area contributed by atoms with Crippen LogP contribution in [0.1, 0.15) is 37.0 Å². The number of hydrogen-bond acceptors (Lipinski definition) is 4. The Bertz CT molecular complexity index is 4400. The highest BCUT2D eigenvalue weighted by atomic mass is 16.3. The van der Waals surface area contributed by atoms with E-state index in [1.54, 1.807) is 0 Å². The number of furan rings is 1. The monoisotopic (exact) mass is 652 g/mol. The molecular formula is C45H27N3O. The van der Waals surface area contributed by atoms with Crippen LogP contribution in [0.3, 0.4) is 0 Å². The van der Waals surface area contributed by atoms with E-state index in [1.807, 2.05) is 0 Å². The van der Waals surface area contributed by atoms with E-state index in [0.717, 1.165) is 0 Å². The van der Waals surface area contributed by atoms with Crippen LogP contribution in [0, 0.1) is 0 Å². The summed E-state index contributed by atoms with van der Waals surface area (Å²) >= 11 is 0. The van der Waals surface area contributed by atoms with Crippen molar-refractivity contribution in [2.45, 2.75) is 0 Å². The maximum absolute atomic E-state index is 9.84. The second-order valence-electron chi connectivity index (χ2n) is 10.3. The highest BCUT2D eigenvalue weighted by Gasteiger charge is 2.19. The number of rotatable bonds is 4. The topological polar surface area (TPSA) is 51.8 Å². The molecule has 0 saturated heterocycles.